The van der Waals surface area contributed by atoms with Crippen molar-refractivity contribution in [1.82, 2.24) is 0 Å². The van der Waals surface area contributed by atoms with Crippen LogP contribution in [0.2, 0.25) is 0 Å². The molecule has 4 aliphatic rings. The van der Waals surface area contributed by atoms with Crippen LogP contribution in [0.15, 0.2) is 12.2 Å². The van der Waals surface area contributed by atoms with Crippen LogP contribution in [0.3, 0.4) is 0 Å². The Morgan fingerprint density at radius 2 is 1.69 bits per heavy atom. The zero-order chi connectivity index (χ0) is 21.2. The van der Waals surface area contributed by atoms with Crippen LogP contribution < -0.4 is 0 Å². The molecule has 6 nitrogen and oxygen atoms in total. The summed E-state index contributed by atoms with van der Waals surface area (Å²) in [6.45, 7) is 6.17. The van der Waals surface area contributed by atoms with E-state index < -0.39 is 28.1 Å². The Balaban J connectivity index is 2.00. The minimum absolute atomic E-state index is 0.0173. The average molecular weight is 405 g/mol. The number of esters is 3. The third-order valence-corrected chi connectivity index (χ3v) is 9.03. The molecule has 29 heavy (non-hydrogen) atoms. The second-order valence-electron chi connectivity index (χ2n) is 9.87. The number of carbonyl (C=O) groups is 3. The summed E-state index contributed by atoms with van der Waals surface area (Å²) in [6.07, 6.45) is 5.32. The van der Waals surface area contributed by atoms with Gasteiger partial charge in [-0.15, -0.1) is 0 Å². The Kier molecular flexibility index (Phi) is 4.63. The largest absolute Gasteiger partial charge is 0.469 e. The van der Waals surface area contributed by atoms with Crippen molar-refractivity contribution in [2.75, 3.05) is 21.3 Å². The normalized spacial score (nSPS) is 45.2. The molecule has 4 fully saturated rings. The van der Waals surface area contributed by atoms with Crippen molar-refractivity contribution < 1.29 is 28.6 Å². The Hall–Kier alpha value is -1.85. The average Bonchev–Trinajstić information content (AvgIpc) is 3.14. The van der Waals surface area contributed by atoms with E-state index in [1.54, 1.807) is 0 Å². The van der Waals surface area contributed by atoms with E-state index in [9.17, 15) is 14.4 Å². The SMILES string of the molecule is C=C1C[C@@]23C[C@@H]1CCC2[C@@]1(C(=O)OC)CCCC(C)(C(=O)OC)C1[C@H]3C(=O)OC. The number of ether oxygens (including phenoxy) is 3. The van der Waals surface area contributed by atoms with Gasteiger partial charge in [-0.1, -0.05) is 18.6 Å². The molecule has 4 aliphatic carbocycles. The van der Waals surface area contributed by atoms with E-state index in [0.717, 1.165) is 25.7 Å². The summed E-state index contributed by atoms with van der Waals surface area (Å²) in [7, 11) is 4.19. The summed E-state index contributed by atoms with van der Waals surface area (Å²) in [5, 5.41) is 0. The van der Waals surface area contributed by atoms with Crippen LogP contribution in [0.4, 0.5) is 0 Å². The fraction of sp³-hybridized carbons (Fsp3) is 0.783. The lowest BCUT2D eigenvalue weighted by Crippen LogP contribution is -2.55. The van der Waals surface area contributed by atoms with E-state index in [4.69, 9.17) is 14.2 Å². The highest BCUT2D eigenvalue weighted by Gasteiger charge is 2.79. The molecule has 6 heteroatoms. The molecule has 4 saturated carbocycles. The van der Waals surface area contributed by atoms with E-state index in [1.807, 2.05) is 6.92 Å². The number of rotatable bonds is 3. The van der Waals surface area contributed by atoms with E-state index in [-0.39, 0.29) is 23.8 Å². The molecule has 0 amide bonds. The van der Waals surface area contributed by atoms with Crippen LogP contribution in [0, 0.1) is 39.9 Å². The summed E-state index contributed by atoms with van der Waals surface area (Å²) in [6, 6.07) is 0. The van der Waals surface area contributed by atoms with Gasteiger partial charge >= 0.3 is 17.9 Å². The number of hydrogen-bond acceptors (Lipinski definition) is 6. The molecule has 0 radical (unpaired) electrons. The first-order valence-corrected chi connectivity index (χ1v) is 10.6. The maximum Gasteiger partial charge on any atom is 0.312 e. The Bertz CT molecular complexity index is 773. The van der Waals surface area contributed by atoms with E-state index >= 15 is 0 Å². The summed E-state index contributed by atoms with van der Waals surface area (Å²) in [5.41, 5.74) is -1.04. The van der Waals surface area contributed by atoms with Crippen LogP contribution in [0.1, 0.15) is 51.9 Å². The third-order valence-electron chi connectivity index (χ3n) is 9.03. The molecule has 160 valence electrons. The molecule has 0 heterocycles. The van der Waals surface area contributed by atoms with Crippen molar-refractivity contribution in [2.24, 2.45) is 39.9 Å². The number of carbonyl (C=O) groups excluding carboxylic acids is 3. The van der Waals surface area contributed by atoms with Gasteiger partial charge in [-0.05, 0) is 62.7 Å². The van der Waals surface area contributed by atoms with Crippen LogP contribution in [0.25, 0.3) is 0 Å². The predicted molar refractivity (Wildman–Crippen MR) is 104 cm³/mol. The molecule has 2 bridgehead atoms. The third kappa shape index (κ3) is 2.32. The van der Waals surface area contributed by atoms with E-state index in [1.165, 1.54) is 26.9 Å². The Morgan fingerprint density at radius 3 is 2.31 bits per heavy atom. The van der Waals surface area contributed by atoms with Gasteiger partial charge in [0.15, 0.2) is 0 Å². The first kappa shape index (κ1) is 20.4. The zero-order valence-electron chi connectivity index (χ0n) is 17.9. The van der Waals surface area contributed by atoms with Gasteiger partial charge in [0.2, 0.25) is 0 Å². The molecular formula is C23H32O6. The van der Waals surface area contributed by atoms with Crippen molar-refractivity contribution in [3.8, 4) is 0 Å². The van der Waals surface area contributed by atoms with Crippen molar-refractivity contribution in [2.45, 2.75) is 51.9 Å². The molecule has 0 aromatic rings. The molecule has 4 rings (SSSR count). The maximum absolute atomic E-state index is 13.5. The lowest BCUT2D eigenvalue weighted by atomic mass is 9.52. The monoisotopic (exact) mass is 404 g/mol. The van der Waals surface area contributed by atoms with Crippen molar-refractivity contribution >= 4 is 17.9 Å². The van der Waals surface area contributed by atoms with Crippen molar-refractivity contribution in [1.29, 1.82) is 0 Å². The van der Waals surface area contributed by atoms with Gasteiger partial charge in [0.1, 0.15) is 0 Å². The number of fused-ring (bicyclic) bond motifs is 3. The van der Waals surface area contributed by atoms with Crippen molar-refractivity contribution in [3.05, 3.63) is 12.2 Å². The van der Waals surface area contributed by atoms with Gasteiger partial charge < -0.3 is 14.2 Å². The molecule has 0 N–H and O–H groups in total. The molecule has 0 aromatic heterocycles. The molecule has 0 saturated heterocycles. The molecule has 0 aromatic carbocycles. The van der Waals surface area contributed by atoms with Gasteiger partial charge in [-0.25, -0.2) is 0 Å². The second-order valence-corrected chi connectivity index (χ2v) is 9.87. The summed E-state index contributed by atoms with van der Waals surface area (Å²) in [5.74, 6) is -1.64. The van der Waals surface area contributed by atoms with Gasteiger partial charge in [0, 0.05) is 5.92 Å². The fourth-order valence-electron chi connectivity index (χ4n) is 8.23. The molecule has 7 atom stereocenters. The standard InChI is InChI=1S/C23H32O6/c1-13-11-22-12-14(13)7-8-15(22)23(20(26)29-5)10-6-9-21(2,19(25)28-4)17(23)16(22)18(24)27-3/h14-17H,1,6-12H2,2-5H3/t14-,15?,16-,17?,21?,22+,23-/m0/s1. The van der Waals surface area contributed by atoms with E-state index in [2.05, 4.69) is 6.58 Å². The van der Waals surface area contributed by atoms with Crippen molar-refractivity contribution in [3.63, 3.8) is 0 Å². The highest BCUT2D eigenvalue weighted by Crippen LogP contribution is 2.78. The first-order valence-electron chi connectivity index (χ1n) is 10.6. The smallest absolute Gasteiger partial charge is 0.312 e. The minimum Gasteiger partial charge on any atom is -0.469 e. The van der Waals surface area contributed by atoms with E-state index in [0.29, 0.717) is 25.2 Å². The van der Waals surface area contributed by atoms with Crippen LogP contribution in [-0.4, -0.2) is 39.2 Å². The topological polar surface area (TPSA) is 78.9 Å². The Morgan fingerprint density at radius 1 is 1.00 bits per heavy atom. The zero-order valence-corrected chi connectivity index (χ0v) is 17.9. The quantitative estimate of drug-likeness (QED) is 0.408. The molecule has 1 spiro atoms. The molecule has 3 unspecified atom stereocenters. The Labute approximate surface area is 172 Å². The summed E-state index contributed by atoms with van der Waals surface area (Å²) >= 11 is 0. The number of allylic oxidation sites excluding steroid dienone is 1. The highest BCUT2D eigenvalue weighted by molar-refractivity contribution is 5.87. The van der Waals surface area contributed by atoms with Gasteiger partial charge in [0.05, 0.1) is 38.1 Å². The summed E-state index contributed by atoms with van der Waals surface area (Å²) in [4.78, 5) is 39.9. The lowest BCUT2D eigenvalue weighted by Gasteiger charge is -2.50. The lowest BCUT2D eigenvalue weighted by molar-refractivity contribution is -0.181. The number of hydrogen-bond donors (Lipinski definition) is 0. The van der Waals surface area contributed by atoms with Gasteiger partial charge in [-0.2, -0.15) is 0 Å². The maximum atomic E-state index is 13.5. The number of methoxy groups -OCH3 is 3. The van der Waals surface area contributed by atoms with Crippen LogP contribution in [0.5, 0.6) is 0 Å². The highest BCUT2D eigenvalue weighted by atomic mass is 16.5. The second kappa shape index (κ2) is 6.58. The minimum atomic E-state index is -0.939. The van der Waals surface area contributed by atoms with Gasteiger partial charge in [-0.3, -0.25) is 14.4 Å². The molecular weight excluding hydrogens is 372 g/mol. The van der Waals surface area contributed by atoms with Crippen LogP contribution in [-0.2, 0) is 28.6 Å². The fourth-order valence-corrected chi connectivity index (χ4v) is 8.23. The van der Waals surface area contributed by atoms with Gasteiger partial charge in [0.25, 0.3) is 0 Å². The van der Waals surface area contributed by atoms with Crippen LogP contribution >= 0.6 is 0 Å². The summed E-state index contributed by atoms with van der Waals surface area (Å²) < 4.78 is 15.9. The first-order chi connectivity index (χ1) is 13.7. The predicted octanol–water partition coefficient (Wildman–Crippen LogP) is 3.29. The molecule has 0 aliphatic heterocycles.